The third-order valence-corrected chi connectivity index (χ3v) is 0.956. The van der Waals surface area contributed by atoms with Crippen LogP contribution in [-0.2, 0) is 0 Å². The Morgan fingerprint density at radius 2 is 1.33 bits per heavy atom. The molecule has 0 unspecified atom stereocenters. The van der Waals surface area contributed by atoms with Gasteiger partial charge in [-0.15, -0.1) is 0 Å². The molecule has 0 aromatic heterocycles. The van der Waals surface area contributed by atoms with E-state index < -0.39 is 0 Å². The van der Waals surface area contributed by atoms with Crippen molar-refractivity contribution in [3.8, 4) is 0 Å². The SMILES string of the molecule is C/C=C\N=C(C)CC.CC.CC.CCC. The van der Waals surface area contributed by atoms with Crippen molar-refractivity contribution >= 4 is 5.71 Å². The zero-order valence-electron chi connectivity index (χ0n) is 12.5. The molecule has 0 spiro atoms. The van der Waals surface area contributed by atoms with Gasteiger partial charge in [-0.3, -0.25) is 4.99 Å². The molecule has 0 atom stereocenters. The maximum Gasteiger partial charge on any atom is 0.0224 e. The molecule has 0 amide bonds. The van der Waals surface area contributed by atoms with Gasteiger partial charge in [0, 0.05) is 11.9 Å². The smallest absolute Gasteiger partial charge is 0.0224 e. The number of aliphatic imine (C=N–C) groups is 1. The molecular weight excluding hydrogens is 182 g/mol. The molecule has 0 rings (SSSR count). The van der Waals surface area contributed by atoms with Crippen LogP contribution in [0.5, 0.6) is 0 Å². The molecule has 94 valence electrons. The molecule has 0 aromatic carbocycles. The van der Waals surface area contributed by atoms with Crippen molar-refractivity contribution in [3.05, 3.63) is 12.3 Å². The molecule has 15 heavy (non-hydrogen) atoms. The van der Waals surface area contributed by atoms with Crippen molar-refractivity contribution < 1.29 is 0 Å². The van der Waals surface area contributed by atoms with Crippen molar-refractivity contribution in [2.75, 3.05) is 0 Å². The highest BCUT2D eigenvalue weighted by Crippen LogP contribution is 1.84. The van der Waals surface area contributed by atoms with Crippen LogP contribution in [0.15, 0.2) is 17.3 Å². The molecule has 0 aliphatic carbocycles. The Hall–Kier alpha value is -0.590. The van der Waals surface area contributed by atoms with Crippen molar-refractivity contribution in [3.63, 3.8) is 0 Å². The fraction of sp³-hybridized carbons (Fsp3) is 0.786. The molecule has 0 bridgehead atoms. The lowest BCUT2D eigenvalue weighted by Gasteiger charge is -1.86. The highest BCUT2D eigenvalue weighted by Gasteiger charge is 1.77. The van der Waals surface area contributed by atoms with Gasteiger partial charge in [-0.25, -0.2) is 0 Å². The first-order valence-electron chi connectivity index (χ1n) is 6.37. The predicted molar refractivity (Wildman–Crippen MR) is 76.9 cm³/mol. The lowest BCUT2D eigenvalue weighted by Crippen LogP contribution is -1.83. The van der Waals surface area contributed by atoms with Gasteiger partial charge >= 0.3 is 0 Å². The Labute approximate surface area is 98.7 Å². The zero-order chi connectivity index (χ0) is 13.1. The lowest BCUT2D eigenvalue weighted by atomic mass is 10.3. The third kappa shape index (κ3) is 59.6. The minimum Gasteiger partial charge on any atom is -0.266 e. The van der Waals surface area contributed by atoms with Crippen LogP contribution in [0.25, 0.3) is 0 Å². The minimum absolute atomic E-state index is 1.05. The molecular formula is C14H33N. The maximum absolute atomic E-state index is 4.10. The number of rotatable bonds is 2. The Bertz CT molecular complexity index is 113. The second kappa shape index (κ2) is 37.6. The Morgan fingerprint density at radius 3 is 1.53 bits per heavy atom. The topological polar surface area (TPSA) is 12.4 Å². The van der Waals surface area contributed by atoms with E-state index in [0.29, 0.717) is 0 Å². The first-order chi connectivity index (χ1) is 7.22. The van der Waals surface area contributed by atoms with Crippen molar-refractivity contribution in [1.82, 2.24) is 0 Å². The molecule has 0 radical (unpaired) electrons. The van der Waals surface area contributed by atoms with E-state index in [1.165, 1.54) is 12.1 Å². The van der Waals surface area contributed by atoms with E-state index in [4.69, 9.17) is 0 Å². The molecule has 0 fully saturated rings. The van der Waals surface area contributed by atoms with E-state index in [-0.39, 0.29) is 0 Å². The van der Waals surface area contributed by atoms with Gasteiger partial charge in [0.2, 0.25) is 0 Å². The van der Waals surface area contributed by atoms with Crippen LogP contribution in [-0.4, -0.2) is 5.71 Å². The molecule has 0 saturated heterocycles. The van der Waals surface area contributed by atoms with E-state index >= 15 is 0 Å². The second-order valence-corrected chi connectivity index (χ2v) is 2.41. The molecule has 0 aromatic rings. The number of allylic oxidation sites excluding steroid dienone is 1. The van der Waals surface area contributed by atoms with Crippen LogP contribution >= 0.6 is 0 Å². The average molecular weight is 215 g/mol. The van der Waals surface area contributed by atoms with Gasteiger partial charge in [0.15, 0.2) is 0 Å². The average Bonchev–Trinajstić information content (AvgIpc) is 2.32. The van der Waals surface area contributed by atoms with Gasteiger partial charge in [-0.05, 0) is 20.3 Å². The first kappa shape index (κ1) is 23.9. The molecule has 1 nitrogen and oxygen atoms in total. The van der Waals surface area contributed by atoms with Crippen LogP contribution in [0.3, 0.4) is 0 Å². The van der Waals surface area contributed by atoms with Gasteiger partial charge in [0.05, 0.1) is 0 Å². The summed E-state index contributed by atoms with van der Waals surface area (Å²) in [7, 11) is 0. The lowest BCUT2D eigenvalue weighted by molar-refractivity contribution is 1.09. The number of nitrogens with zero attached hydrogens (tertiary/aromatic N) is 1. The summed E-state index contributed by atoms with van der Waals surface area (Å²) < 4.78 is 0. The molecule has 0 aliphatic rings. The normalized spacial score (nSPS) is 9.00. The Kier molecular flexibility index (Phi) is 60.0. The van der Waals surface area contributed by atoms with E-state index in [1.54, 1.807) is 0 Å². The summed E-state index contributed by atoms with van der Waals surface area (Å²) in [6, 6.07) is 0. The second-order valence-electron chi connectivity index (χ2n) is 2.41. The van der Waals surface area contributed by atoms with E-state index in [9.17, 15) is 0 Å². The first-order valence-corrected chi connectivity index (χ1v) is 6.37. The van der Waals surface area contributed by atoms with Gasteiger partial charge in [-0.2, -0.15) is 0 Å². The van der Waals surface area contributed by atoms with E-state index in [1.807, 2.05) is 53.8 Å². The van der Waals surface area contributed by atoms with Gasteiger partial charge in [0.1, 0.15) is 0 Å². The summed E-state index contributed by atoms with van der Waals surface area (Å²) in [5.41, 5.74) is 1.18. The van der Waals surface area contributed by atoms with Crippen LogP contribution in [0, 0.1) is 0 Å². The van der Waals surface area contributed by atoms with Gasteiger partial charge < -0.3 is 0 Å². The summed E-state index contributed by atoms with van der Waals surface area (Å²) in [5, 5.41) is 0. The Morgan fingerprint density at radius 1 is 1.00 bits per heavy atom. The molecule has 0 heterocycles. The van der Waals surface area contributed by atoms with Crippen LogP contribution in [0.2, 0.25) is 0 Å². The highest BCUT2D eigenvalue weighted by molar-refractivity contribution is 5.82. The largest absolute Gasteiger partial charge is 0.266 e. The van der Waals surface area contributed by atoms with Crippen LogP contribution < -0.4 is 0 Å². The maximum atomic E-state index is 4.10. The van der Waals surface area contributed by atoms with Crippen LogP contribution in [0.4, 0.5) is 0 Å². The molecule has 0 aliphatic heterocycles. The standard InChI is InChI=1S/C7H13N.C3H8.2C2H6/c1-4-6-8-7(3)5-2;1-3-2;2*1-2/h4,6H,5H2,1-3H3;3H2,1-2H3;2*1-2H3/b6-4-,8-7?;;;. The van der Waals surface area contributed by atoms with Crippen molar-refractivity contribution in [2.24, 2.45) is 4.99 Å². The fourth-order valence-corrected chi connectivity index (χ4v) is 0.293. The number of hydrogen-bond acceptors (Lipinski definition) is 1. The molecule has 1 heteroatoms. The van der Waals surface area contributed by atoms with Gasteiger partial charge in [-0.1, -0.05) is 61.0 Å². The van der Waals surface area contributed by atoms with E-state index in [2.05, 4.69) is 25.8 Å². The summed E-state index contributed by atoms with van der Waals surface area (Å²) in [6.45, 7) is 18.3. The molecule has 0 N–H and O–H groups in total. The quantitative estimate of drug-likeness (QED) is 0.512. The third-order valence-electron chi connectivity index (χ3n) is 0.956. The van der Waals surface area contributed by atoms with Gasteiger partial charge in [0.25, 0.3) is 0 Å². The highest BCUT2D eigenvalue weighted by atomic mass is 14.7. The summed E-state index contributed by atoms with van der Waals surface area (Å²) >= 11 is 0. The summed E-state index contributed by atoms with van der Waals surface area (Å²) in [5.74, 6) is 0. The van der Waals surface area contributed by atoms with Crippen LogP contribution in [0.1, 0.15) is 75.2 Å². The van der Waals surface area contributed by atoms with Crippen molar-refractivity contribution in [2.45, 2.75) is 75.2 Å². The Balaban J connectivity index is -0.0000000726. The minimum atomic E-state index is 1.05. The molecule has 0 saturated carbocycles. The monoisotopic (exact) mass is 215 g/mol. The fourth-order valence-electron chi connectivity index (χ4n) is 0.293. The zero-order valence-corrected chi connectivity index (χ0v) is 12.5. The summed E-state index contributed by atoms with van der Waals surface area (Å²) in [6.07, 6.45) is 6.04. The van der Waals surface area contributed by atoms with E-state index in [0.717, 1.165) is 6.42 Å². The predicted octanol–water partition coefficient (Wildman–Crippen LogP) is 5.86. The van der Waals surface area contributed by atoms with Crippen molar-refractivity contribution in [1.29, 1.82) is 0 Å². The summed E-state index contributed by atoms with van der Waals surface area (Å²) in [4.78, 5) is 4.10. The number of hydrogen-bond donors (Lipinski definition) is 0.